The molecular weight excluding hydrogens is 664 g/mol. The van der Waals surface area contributed by atoms with Crippen molar-refractivity contribution < 1.29 is 109 Å². The topological polar surface area (TPSA) is 354 Å². The highest BCUT2D eigenvalue weighted by Gasteiger charge is 2.56. The summed E-state index contributed by atoms with van der Waals surface area (Å²) in [6, 6.07) is 0. The van der Waals surface area contributed by atoms with E-state index in [1.54, 1.807) is 0 Å². The molecule has 8 unspecified atom stereocenters. The summed E-state index contributed by atoms with van der Waals surface area (Å²) >= 11 is 0. The minimum atomic E-state index is -2.04. The van der Waals surface area contributed by atoms with Crippen molar-refractivity contribution in [3.63, 3.8) is 0 Å². The van der Waals surface area contributed by atoms with E-state index in [4.69, 9.17) is 37.9 Å². The van der Waals surface area contributed by atoms with Gasteiger partial charge in [0.25, 0.3) is 0 Å². The fourth-order valence-electron chi connectivity index (χ4n) is 5.85. The summed E-state index contributed by atoms with van der Waals surface area (Å²) in [4.78, 5) is 12.0. The first-order valence-electron chi connectivity index (χ1n) is 15.0. The quantitative estimate of drug-likeness (QED) is 0.0886. The Kier molecular flexibility index (Phi) is 13.8. The van der Waals surface area contributed by atoms with Gasteiger partial charge in [0, 0.05) is 6.92 Å². The lowest BCUT2D eigenvalue weighted by Crippen LogP contribution is -2.68. The minimum Gasteiger partial charge on any atom is -0.454 e. The van der Waals surface area contributed by atoms with Crippen LogP contribution in [0.25, 0.3) is 0 Å². The number of aliphatic hydroxyl groups is 13. The van der Waals surface area contributed by atoms with Crippen LogP contribution in [0.1, 0.15) is 6.92 Å². The van der Waals surface area contributed by atoms with Crippen LogP contribution in [-0.2, 0) is 42.7 Å². The van der Waals surface area contributed by atoms with Crippen LogP contribution in [0.4, 0.5) is 0 Å². The molecule has 22 heteroatoms. The van der Waals surface area contributed by atoms with Gasteiger partial charge in [-0.25, -0.2) is 0 Å². The van der Waals surface area contributed by atoms with Gasteiger partial charge in [-0.3, -0.25) is 4.79 Å². The van der Waals surface area contributed by atoms with E-state index in [-0.39, 0.29) is 0 Å². The standard InChI is InChI=1S/C26H44O22/c1-6(31)41-22-18(39)21(47-24-16(37)12(33)11(32)7(2-27)43-24)10(5-30)45-26(22)48-20-9(4-29)44-25(17(38)14(20)35)46-19-8(3-28)42-23(40)15(36)13(19)34/h7-30,32-40H,2-5H2,1H3/t7?,8?,9?,10?,11-,12-,13+,14+,15?,16?,17?,18-,19+,20+,21+,22?,23-,24+,25+,26+/m1/s1. The Morgan fingerprint density at radius 3 is 1.35 bits per heavy atom. The first-order chi connectivity index (χ1) is 22.7. The van der Waals surface area contributed by atoms with E-state index in [1.165, 1.54) is 0 Å². The van der Waals surface area contributed by atoms with E-state index in [2.05, 4.69) is 0 Å². The zero-order chi connectivity index (χ0) is 35.6. The molecule has 4 fully saturated rings. The molecule has 0 spiro atoms. The van der Waals surface area contributed by atoms with Crippen molar-refractivity contribution in [2.45, 2.75) is 130 Å². The molecular formula is C26H44O22. The molecule has 4 aliphatic rings. The van der Waals surface area contributed by atoms with E-state index in [9.17, 15) is 71.2 Å². The van der Waals surface area contributed by atoms with E-state index < -0.39 is 155 Å². The molecule has 0 saturated carbocycles. The molecule has 0 aliphatic carbocycles. The number of carbonyl (C=O) groups excluding carboxylic acids is 1. The van der Waals surface area contributed by atoms with Crippen molar-refractivity contribution in [1.29, 1.82) is 0 Å². The molecule has 0 bridgehead atoms. The van der Waals surface area contributed by atoms with Gasteiger partial charge in [-0.2, -0.15) is 0 Å². The minimum absolute atomic E-state index is 0.804. The number of hydrogen-bond acceptors (Lipinski definition) is 22. The zero-order valence-electron chi connectivity index (χ0n) is 25.4. The number of ether oxygens (including phenoxy) is 8. The van der Waals surface area contributed by atoms with E-state index >= 15 is 0 Å². The molecule has 0 aromatic rings. The highest BCUT2D eigenvalue weighted by molar-refractivity contribution is 5.66. The average molecular weight is 709 g/mol. The summed E-state index contributed by atoms with van der Waals surface area (Å²) in [6.45, 7) is -2.52. The van der Waals surface area contributed by atoms with Crippen LogP contribution >= 0.6 is 0 Å². The fraction of sp³-hybridized carbons (Fsp3) is 0.962. The molecule has 0 amide bonds. The molecule has 4 heterocycles. The van der Waals surface area contributed by atoms with Crippen LogP contribution in [0.15, 0.2) is 0 Å². The van der Waals surface area contributed by atoms with Crippen molar-refractivity contribution in [1.82, 2.24) is 0 Å². The van der Waals surface area contributed by atoms with Crippen LogP contribution in [0.5, 0.6) is 0 Å². The Morgan fingerprint density at radius 1 is 0.458 bits per heavy atom. The van der Waals surface area contributed by atoms with E-state index in [0.29, 0.717) is 0 Å². The van der Waals surface area contributed by atoms with Gasteiger partial charge in [-0.1, -0.05) is 0 Å². The van der Waals surface area contributed by atoms with Gasteiger partial charge < -0.3 is 104 Å². The molecule has 20 atom stereocenters. The lowest BCUT2D eigenvalue weighted by molar-refractivity contribution is -0.387. The van der Waals surface area contributed by atoms with Crippen molar-refractivity contribution in [3.8, 4) is 0 Å². The predicted octanol–water partition coefficient (Wildman–Crippen LogP) is -9.18. The Morgan fingerprint density at radius 2 is 0.854 bits per heavy atom. The molecule has 0 aromatic heterocycles. The first kappa shape index (κ1) is 39.5. The SMILES string of the molecule is CC(=O)OC1[C@H](O[C@H]2C(CO)O[C@@H](O[C@H]3C(CO)O[C@@H](O)C(O)[C@@H]3O)C(O)[C@@H]2O)OC(CO)[C@H](O[C@@H]2OC(CO)[C@@H](O)[C@@H](O)C2O)[C@H]1O. The highest BCUT2D eigenvalue weighted by atomic mass is 16.8. The number of aliphatic hydroxyl groups excluding tert-OH is 13. The van der Waals surface area contributed by atoms with Crippen molar-refractivity contribution >= 4 is 5.97 Å². The average Bonchev–Trinajstić information content (AvgIpc) is 3.06. The third-order valence-electron chi connectivity index (χ3n) is 8.48. The maximum Gasteiger partial charge on any atom is 0.303 e. The monoisotopic (exact) mass is 708 g/mol. The zero-order valence-corrected chi connectivity index (χ0v) is 25.4. The summed E-state index contributed by atoms with van der Waals surface area (Å²) in [7, 11) is 0. The third-order valence-corrected chi connectivity index (χ3v) is 8.48. The summed E-state index contributed by atoms with van der Waals surface area (Å²) in [5.74, 6) is -0.989. The molecule has 22 nitrogen and oxygen atoms in total. The van der Waals surface area contributed by atoms with Crippen molar-refractivity contribution in [3.05, 3.63) is 0 Å². The van der Waals surface area contributed by atoms with Gasteiger partial charge in [0.15, 0.2) is 31.3 Å². The van der Waals surface area contributed by atoms with Gasteiger partial charge >= 0.3 is 5.97 Å². The predicted molar refractivity (Wildman–Crippen MR) is 143 cm³/mol. The van der Waals surface area contributed by atoms with E-state index in [1.807, 2.05) is 0 Å². The van der Waals surface area contributed by atoms with Gasteiger partial charge in [0.2, 0.25) is 0 Å². The summed E-state index contributed by atoms with van der Waals surface area (Å²) in [5, 5.41) is 133. The number of esters is 1. The third kappa shape index (κ3) is 8.08. The van der Waals surface area contributed by atoms with E-state index in [0.717, 1.165) is 6.92 Å². The molecule has 48 heavy (non-hydrogen) atoms. The maximum absolute atomic E-state index is 12.0. The molecule has 4 aliphatic heterocycles. The van der Waals surface area contributed by atoms with Crippen LogP contribution in [0.2, 0.25) is 0 Å². The molecule has 4 rings (SSSR count). The van der Waals surface area contributed by atoms with Gasteiger partial charge in [-0.05, 0) is 0 Å². The summed E-state index contributed by atoms with van der Waals surface area (Å²) in [6.07, 6.45) is -35.6. The molecule has 13 N–H and O–H groups in total. The fourth-order valence-corrected chi connectivity index (χ4v) is 5.85. The van der Waals surface area contributed by atoms with Crippen LogP contribution < -0.4 is 0 Å². The smallest absolute Gasteiger partial charge is 0.303 e. The molecule has 280 valence electrons. The molecule has 0 aromatic carbocycles. The highest BCUT2D eigenvalue weighted by Crippen LogP contribution is 2.35. The Balaban J connectivity index is 1.51. The number of rotatable bonds is 11. The van der Waals surface area contributed by atoms with Crippen molar-refractivity contribution in [2.75, 3.05) is 26.4 Å². The summed E-state index contributed by atoms with van der Waals surface area (Å²) in [5.41, 5.74) is 0. The Hall–Kier alpha value is -1.33. The van der Waals surface area contributed by atoms with Crippen LogP contribution in [-0.4, -0.2) is 222 Å². The second-order valence-corrected chi connectivity index (χ2v) is 11.7. The normalized spacial score (nSPS) is 50.2. The summed E-state index contributed by atoms with van der Waals surface area (Å²) < 4.78 is 43.5. The van der Waals surface area contributed by atoms with Gasteiger partial charge in [0.1, 0.15) is 91.6 Å². The lowest BCUT2D eigenvalue weighted by atomic mass is 9.95. The number of hydrogen-bond donors (Lipinski definition) is 13. The molecule has 0 radical (unpaired) electrons. The molecule has 4 saturated heterocycles. The van der Waals surface area contributed by atoms with Crippen LogP contribution in [0.3, 0.4) is 0 Å². The van der Waals surface area contributed by atoms with Crippen LogP contribution in [0, 0.1) is 0 Å². The first-order valence-corrected chi connectivity index (χ1v) is 15.0. The van der Waals surface area contributed by atoms with Gasteiger partial charge in [0.05, 0.1) is 26.4 Å². The largest absolute Gasteiger partial charge is 0.454 e. The Labute approximate surface area is 271 Å². The Bertz CT molecular complexity index is 1020. The van der Waals surface area contributed by atoms with Crippen molar-refractivity contribution in [2.24, 2.45) is 0 Å². The second-order valence-electron chi connectivity index (χ2n) is 11.7. The number of carbonyl (C=O) groups is 1. The van der Waals surface area contributed by atoms with Gasteiger partial charge in [-0.15, -0.1) is 0 Å². The lowest BCUT2D eigenvalue weighted by Gasteiger charge is -2.49. The maximum atomic E-state index is 12.0. The second kappa shape index (κ2) is 16.8.